The normalized spacial score (nSPS) is 12.2. The summed E-state index contributed by atoms with van der Waals surface area (Å²) in [4.78, 5) is 35.2. The quantitative estimate of drug-likeness (QED) is 0.718. The zero-order valence-electron chi connectivity index (χ0n) is 14.3. The molecule has 7 nitrogen and oxygen atoms in total. The van der Waals surface area contributed by atoms with Crippen LogP contribution in [0.15, 0.2) is 41.5 Å². The van der Waals surface area contributed by atoms with Crippen LogP contribution >= 0.6 is 0 Å². The van der Waals surface area contributed by atoms with Crippen LogP contribution in [0.25, 0.3) is 11.0 Å². The molecular weight excluding hydrogens is 318 g/mol. The van der Waals surface area contributed by atoms with Gasteiger partial charge in [0.25, 0.3) is 5.56 Å². The first kappa shape index (κ1) is 16.9. The van der Waals surface area contributed by atoms with Gasteiger partial charge in [-0.25, -0.2) is 9.97 Å². The number of hydrogen-bond acceptors (Lipinski definition) is 4. The van der Waals surface area contributed by atoms with Crippen LogP contribution in [0.2, 0.25) is 0 Å². The summed E-state index contributed by atoms with van der Waals surface area (Å²) in [7, 11) is 0. The number of nitrogens with one attached hydrogen (secondary N) is 2. The smallest absolute Gasteiger partial charge is 0.250 e. The molecule has 0 bridgehead atoms. The fraction of sp³-hybridized carbons (Fsp3) is 0.333. The van der Waals surface area contributed by atoms with E-state index in [2.05, 4.69) is 20.3 Å². The first-order valence-electron chi connectivity index (χ1n) is 8.41. The number of benzene rings is 1. The minimum absolute atomic E-state index is 0.109. The Balaban J connectivity index is 1.87. The molecule has 7 heteroatoms. The molecule has 2 heterocycles. The van der Waals surface area contributed by atoms with Crippen LogP contribution in [-0.2, 0) is 17.8 Å². The number of aromatic nitrogens is 4. The van der Waals surface area contributed by atoms with Crippen LogP contribution in [0.3, 0.4) is 0 Å². The van der Waals surface area contributed by atoms with E-state index in [-0.39, 0.29) is 24.1 Å². The van der Waals surface area contributed by atoms with Gasteiger partial charge in [-0.2, -0.15) is 0 Å². The highest BCUT2D eigenvalue weighted by Crippen LogP contribution is 2.24. The van der Waals surface area contributed by atoms with Crippen LogP contribution < -0.4 is 10.9 Å². The molecule has 130 valence electrons. The Kier molecular flexibility index (Phi) is 4.92. The topological polar surface area (TPSA) is 92.7 Å². The fourth-order valence-electron chi connectivity index (χ4n) is 2.98. The highest BCUT2D eigenvalue weighted by Gasteiger charge is 2.23. The van der Waals surface area contributed by atoms with Crippen molar-refractivity contribution < 1.29 is 4.79 Å². The lowest BCUT2D eigenvalue weighted by Crippen LogP contribution is -2.33. The highest BCUT2D eigenvalue weighted by atomic mass is 16.2. The van der Waals surface area contributed by atoms with Crippen molar-refractivity contribution in [2.24, 2.45) is 0 Å². The summed E-state index contributed by atoms with van der Waals surface area (Å²) >= 11 is 0. The van der Waals surface area contributed by atoms with E-state index < -0.39 is 0 Å². The molecule has 0 aliphatic rings. The molecular formula is C18H21N5O2. The molecule has 1 atom stereocenters. The van der Waals surface area contributed by atoms with Gasteiger partial charge in [-0.15, -0.1) is 0 Å². The molecule has 2 N–H and O–H groups in total. The largest absolute Gasteiger partial charge is 0.349 e. The maximum absolute atomic E-state index is 12.8. The van der Waals surface area contributed by atoms with Crippen molar-refractivity contribution in [3.05, 3.63) is 58.5 Å². The van der Waals surface area contributed by atoms with Crippen LogP contribution in [0.1, 0.15) is 37.8 Å². The summed E-state index contributed by atoms with van der Waals surface area (Å²) in [5.41, 5.74) is 2.14. The second kappa shape index (κ2) is 7.29. The zero-order chi connectivity index (χ0) is 17.8. The van der Waals surface area contributed by atoms with Crippen molar-refractivity contribution in [1.29, 1.82) is 0 Å². The number of rotatable bonds is 6. The van der Waals surface area contributed by atoms with Crippen LogP contribution in [0, 0.1) is 0 Å². The van der Waals surface area contributed by atoms with Crippen LogP contribution in [0.4, 0.5) is 0 Å². The molecule has 1 unspecified atom stereocenters. The molecule has 0 aliphatic carbocycles. The Morgan fingerprint density at radius 1 is 1.32 bits per heavy atom. The number of para-hydroxylation sites is 2. The second-order valence-electron chi connectivity index (χ2n) is 5.78. The molecule has 2 aromatic heterocycles. The Bertz CT molecular complexity index is 944. The third-order valence-electron chi connectivity index (χ3n) is 4.16. The number of aromatic amines is 1. The van der Waals surface area contributed by atoms with E-state index in [9.17, 15) is 9.59 Å². The number of carbonyl (C=O) groups excluding carboxylic acids is 1. The number of nitrogens with zero attached hydrogens (tertiary/aromatic N) is 3. The Labute approximate surface area is 145 Å². The van der Waals surface area contributed by atoms with Crippen LogP contribution in [-0.4, -0.2) is 25.4 Å². The first-order chi connectivity index (χ1) is 12.1. The number of amides is 1. The maximum Gasteiger partial charge on any atom is 0.250 e. The van der Waals surface area contributed by atoms with Gasteiger partial charge in [0.2, 0.25) is 5.91 Å². The Hall–Kier alpha value is -2.96. The lowest BCUT2D eigenvalue weighted by Gasteiger charge is -2.19. The highest BCUT2D eigenvalue weighted by molar-refractivity contribution is 5.84. The Morgan fingerprint density at radius 2 is 2.12 bits per heavy atom. The molecule has 0 saturated heterocycles. The zero-order valence-corrected chi connectivity index (χ0v) is 14.3. The van der Waals surface area contributed by atoms with E-state index in [0.717, 1.165) is 23.3 Å². The van der Waals surface area contributed by atoms with E-state index in [0.29, 0.717) is 12.1 Å². The summed E-state index contributed by atoms with van der Waals surface area (Å²) in [5.74, 6) is 0.778. The van der Waals surface area contributed by atoms with Gasteiger partial charge in [-0.3, -0.25) is 9.59 Å². The third-order valence-corrected chi connectivity index (χ3v) is 4.16. The molecule has 0 aliphatic heterocycles. The van der Waals surface area contributed by atoms with E-state index in [1.165, 1.54) is 12.4 Å². The summed E-state index contributed by atoms with van der Waals surface area (Å²) in [6.07, 6.45) is 2.72. The van der Waals surface area contributed by atoms with Gasteiger partial charge >= 0.3 is 0 Å². The van der Waals surface area contributed by atoms with Crippen molar-refractivity contribution in [3.8, 4) is 0 Å². The fourth-order valence-corrected chi connectivity index (χ4v) is 2.98. The predicted octanol–water partition coefficient (Wildman–Crippen LogP) is 1.95. The molecule has 0 saturated carbocycles. The number of carbonyl (C=O) groups is 1. The Morgan fingerprint density at radius 3 is 2.84 bits per heavy atom. The van der Waals surface area contributed by atoms with E-state index in [4.69, 9.17) is 0 Å². The number of hydrogen-bond donors (Lipinski definition) is 2. The minimum atomic E-state index is -0.357. The van der Waals surface area contributed by atoms with Crippen molar-refractivity contribution in [2.75, 3.05) is 0 Å². The molecule has 25 heavy (non-hydrogen) atoms. The van der Waals surface area contributed by atoms with Crippen molar-refractivity contribution in [2.45, 2.75) is 39.3 Å². The van der Waals surface area contributed by atoms with E-state index >= 15 is 0 Å². The average molecular weight is 339 g/mol. The molecule has 0 fully saturated rings. The van der Waals surface area contributed by atoms with Gasteiger partial charge in [-0.05, 0) is 18.6 Å². The number of aryl methyl sites for hydroxylation is 1. The number of imidazole rings is 1. The first-order valence-corrected chi connectivity index (χ1v) is 8.41. The third kappa shape index (κ3) is 3.45. The van der Waals surface area contributed by atoms with Gasteiger partial charge in [0.15, 0.2) is 0 Å². The SMILES string of the molecule is CCc1nc2ccccc2n1C(CC)C(=O)NCc1cc(=O)[nH]cn1. The molecule has 1 amide bonds. The molecule has 0 radical (unpaired) electrons. The van der Waals surface area contributed by atoms with Gasteiger partial charge < -0.3 is 14.9 Å². The van der Waals surface area contributed by atoms with Crippen molar-refractivity contribution >= 4 is 16.9 Å². The lowest BCUT2D eigenvalue weighted by atomic mass is 10.1. The second-order valence-corrected chi connectivity index (χ2v) is 5.78. The monoisotopic (exact) mass is 339 g/mol. The van der Waals surface area contributed by atoms with E-state index in [1.54, 1.807) is 0 Å². The predicted molar refractivity (Wildman–Crippen MR) is 95.1 cm³/mol. The summed E-state index contributed by atoms with van der Waals surface area (Å²) < 4.78 is 2.01. The summed E-state index contributed by atoms with van der Waals surface area (Å²) in [5, 5.41) is 2.88. The lowest BCUT2D eigenvalue weighted by molar-refractivity contribution is -0.124. The van der Waals surface area contributed by atoms with Gasteiger partial charge in [0, 0.05) is 12.5 Å². The maximum atomic E-state index is 12.8. The minimum Gasteiger partial charge on any atom is -0.349 e. The van der Waals surface area contributed by atoms with E-state index in [1.807, 2.05) is 42.7 Å². The molecule has 3 rings (SSSR count). The molecule has 1 aromatic carbocycles. The van der Waals surface area contributed by atoms with Gasteiger partial charge in [0.1, 0.15) is 11.9 Å². The van der Waals surface area contributed by atoms with Gasteiger partial charge in [0.05, 0.1) is 29.6 Å². The van der Waals surface area contributed by atoms with Gasteiger partial charge in [-0.1, -0.05) is 26.0 Å². The van der Waals surface area contributed by atoms with Crippen LogP contribution in [0.5, 0.6) is 0 Å². The number of fused-ring (bicyclic) bond motifs is 1. The number of H-pyrrole nitrogens is 1. The van der Waals surface area contributed by atoms with Crippen molar-refractivity contribution in [3.63, 3.8) is 0 Å². The standard InChI is InChI=1S/C18H21N5O2/c1-3-14(18(25)19-10-12-9-17(24)21-11-20-12)23-15-8-6-5-7-13(15)22-16(23)4-2/h5-9,11,14H,3-4,10H2,1-2H3,(H,19,25)(H,20,21,24). The molecule has 3 aromatic rings. The summed E-state index contributed by atoms with van der Waals surface area (Å²) in [6.45, 7) is 4.22. The summed E-state index contributed by atoms with van der Waals surface area (Å²) in [6, 6.07) is 8.85. The molecule has 0 spiro atoms. The average Bonchev–Trinajstić information content (AvgIpc) is 2.99. The van der Waals surface area contributed by atoms with Crippen molar-refractivity contribution in [1.82, 2.24) is 24.8 Å².